The molecule has 1 aliphatic rings. The summed E-state index contributed by atoms with van der Waals surface area (Å²) >= 11 is 3.38. The molecule has 21 heavy (non-hydrogen) atoms. The summed E-state index contributed by atoms with van der Waals surface area (Å²) in [5.41, 5.74) is 1.11. The van der Waals surface area contributed by atoms with E-state index in [1.807, 2.05) is 0 Å². The van der Waals surface area contributed by atoms with E-state index in [1.54, 1.807) is 29.2 Å². The van der Waals surface area contributed by atoms with Gasteiger partial charge in [0.25, 0.3) is 5.91 Å². The zero-order chi connectivity index (χ0) is 15.4. The number of nitrogens with one attached hydrogen (secondary N) is 1. The molecule has 7 heteroatoms. The van der Waals surface area contributed by atoms with Gasteiger partial charge in [0.05, 0.1) is 0 Å². The van der Waals surface area contributed by atoms with Crippen molar-refractivity contribution in [3.05, 3.63) is 29.8 Å². The molecule has 0 aliphatic carbocycles. The van der Waals surface area contributed by atoms with Crippen molar-refractivity contribution < 1.29 is 19.5 Å². The van der Waals surface area contributed by atoms with Crippen LogP contribution in [0.1, 0.15) is 16.8 Å². The molecule has 1 unspecified atom stereocenters. The predicted octanol–water partition coefficient (Wildman–Crippen LogP) is 1.25. The second-order valence-corrected chi connectivity index (χ2v) is 5.50. The zero-order valence-electron chi connectivity index (χ0n) is 11.2. The van der Waals surface area contributed by atoms with Crippen molar-refractivity contribution in [2.45, 2.75) is 6.42 Å². The van der Waals surface area contributed by atoms with Gasteiger partial charge in [-0.2, -0.15) is 0 Å². The van der Waals surface area contributed by atoms with Crippen LogP contribution in [0.2, 0.25) is 0 Å². The van der Waals surface area contributed by atoms with Gasteiger partial charge in [-0.15, -0.1) is 0 Å². The Balaban J connectivity index is 2.04. The maximum absolute atomic E-state index is 11.9. The lowest BCUT2D eigenvalue weighted by atomic mass is 10.1. The van der Waals surface area contributed by atoms with Crippen LogP contribution < -0.4 is 10.2 Å². The Bertz CT molecular complexity index is 559. The first-order valence-corrected chi connectivity index (χ1v) is 7.59. The van der Waals surface area contributed by atoms with Crippen molar-refractivity contribution in [1.29, 1.82) is 0 Å². The minimum atomic E-state index is -1.09. The van der Waals surface area contributed by atoms with Crippen LogP contribution in [0.15, 0.2) is 24.3 Å². The summed E-state index contributed by atoms with van der Waals surface area (Å²) < 4.78 is 0. The molecule has 1 heterocycles. The number of carbonyl (C=O) groups excluding carboxylic acids is 2. The summed E-state index contributed by atoms with van der Waals surface area (Å²) in [5.74, 6) is -1.17. The van der Waals surface area contributed by atoms with Gasteiger partial charge in [0.15, 0.2) is 0 Å². The summed E-state index contributed by atoms with van der Waals surface area (Å²) in [4.78, 5) is 35.7. The van der Waals surface area contributed by atoms with Crippen molar-refractivity contribution in [3.8, 4) is 0 Å². The maximum Gasteiger partial charge on any atom is 0.322 e. The Morgan fingerprint density at radius 2 is 2.00 bits per heavy atom. The second-order valence-electron chi connectivity index (χ2n) is 4.85. The van der Waals surface area contributed by atoms with Crippen molar-refractivity contribution in [2.24, 2.45) is 5.92 Å². The summed E-state index contributed by atoms with van der Waals surface area (Å²) in [6.07, 6.45) is 0.520. The average molecular weight is 355 g/mol. The number of amides is 2. The van der Waals surface area contributed by atoms with E-state index in [0.29, 0.717) is 24.4 Å². The molecule has 112 valence electrons. The maximum atomic E-state index is 11.9. The van der Waals surface area contributed by atoms with Crippen LogP contribution in [0.3, 0.4) is 0 Å². The molecule has 1 aromatic rings. The fourth-order valence-corrected chi connectivity index (χ4v) is 2.62. The van der Waals surface area contributed by atoms with Gasteiger partial charge in [0, 0.05) is 29.5 Å². The quantitative estimate of drug-likeness (QED) is 0.779. The average Bonchev–Trinajstić information content (AvgIpc) is 2.86. The molecule has 0 bridgehead atoms. The van der Waals surface area contributed by atoms with Crippen LogP contribution in [0, 0.1) is 5.92 Å². The number of aliphatic carboxylic acids is 1. The van der Waals surface area contributed by atoms with E-state index in [9.17, 15) is 14.4 Å². The standard InChI is InChI=1S/C14H15BrN2O4/c15-6-9-5-12(18)17(8-9)11-3-1-10(2-4-11)14(21)16-7-13(19)20/h1-4,9H,5-8H2,(H,16,21)(H,19,20). The Morgan fingerprint density at radius 3 is 2.52 bits per heavy atom. The SMILES string of the molecule is O=C(O)CNC(=O)c1ccc(N2CC(CBr)CC2=O)cc1. The smallest absolute Gasteiger partial charge is 0.322 e. The molecule has 2 rings (SSSR count). The van der Waals surface area contributed by atoms with Gasteiger partial charge in [0.1, 0.15) is 6.54 Å². The molecule has 1 aliphatic heterocycles. The summed E-state index contributed by atoms with van der Waals surface area (Å²) in [7, 11) is 0. The Morgan fingerprint density at radius 1 is 1.33 bits per heavy atom. The molecule has 1 fully saturated rings. The summed E-state index contributed by atoms with van der Waals surface area (Å²) in [5, 5.41) is 11.6. The highest BCUT2D eigenvalue weighted by Crippen LogP contribution is 2.26. The third kappa shape index (κ3) is 3.81. The molecule has 2 amide bonds. The van der Waals surface area contributed by atoms with E-state index < -0.39 is 18.4 Å². The van der Waals surface area contributed by atoms with E-state index in [-0.39, 0.29) is 5.91 Å². The minimum Gasteiger partial charge on any atom is -0.480 e. The van der Waals surface area contributed by atoms with Gasteiger partial charge < -0.3 is 15.3 Å². The molecule has 1 saturated heterocycles. The molecule has 0 radical (unpaired) electrons. The number of carboxylic acids is 1. The van der Waals surface area contributed by atoms with E-state index >= 15 is 0 Å². The number of carbonyl (C=O) groups is 3. The van der Waals surface area contributed by atoms with E-state index in [1.165, 1.54) is 0 Å². The number of halogens is 1. The molecule has 1 aromatic carbocycles. The Kier molecular flexibility index (Phi) is 4.95. The number of benzene rings is 1. The van der Waals surface area contributed by atoms with Crippen molar-refractivity contribution >= 4 is 39.4 Å². The minimum absolute atomic E-state index is 0.0718. The molecule has 6 nitrogen and oxygen atoms in total. The van der Waals surface area contributed by atoms with E-state index in [0.717, 1.165) is 11.0 Å². The van der Waals surface area contributed by atoms with Gasteiger partial charge in [-0.05, 0) is 30.2 Å². The van der Waals surface area contributed by atoms with E-state index in [2.05, 4.69) is 21.2 Å². The van der Waals surface area contributed by atoms with Gasteiger partial charge in [-0.3, -0.25) is 14.4 Å². The van der Waals surface area contributed by atoms with Gasteiger partial charge >= 0.3 is 5.97 Å². The highest BCUT2D eigenvalue weighted by Gasteiger charge is 2.29. The van der Waals surface area contributed by atoms with Crippen molar-refractivity contribution in [2.75, 3.05) is 23.3 Å². The first-order chi connectivity index (χ1) is 10.0. The molecule has 0 saturated carbocycles. The molecular formula is C14H15BrN2O4. The lowest BCUT2D eigenvalue weighted by Gasteiger charge is -2.16. The number of alkyl halides is 1. The lowest BCUT2D eigenvalue weighted by Crippen LogP contribution is -2.29. The fourth-order valence-electron chi connectivity index (χ4n) is 2.19. The normalized spacial score (nSPS) is 17.9. The van der Waals surface area contributed by atoms with Crippen LogP contribution >= 0.6 is 15.9 Å². The number of anilines is 1. The molecule has 1 atom stereocenters. The van der Waals surface area contributed by atoms with Crippen LogP contribution in [0.4, 0.5) is 5.69 Å². The van der Waals surface area contributed by atoms with Crippen LogP contribution in [0.5, 0.6) is 0 Å². The van der Waals surface area contributed by atoms with Crippen LogP contribution in [0.25, 0.3) is 0 Å². The molecule has 0 spiro atoms. The Hall–Kier alpha value is -1.89. The summed E-state index contributed by atoms with van der Waals surface area (Å²) in [6, 6.07) is 6.57. The highest BCUT2D eigenvalue weighted by molar-refractivity contribution is 9.09. The number of rotatable bonds is 5. The van der Waals surface area contributed by atoms with Crippen LogP contribution in [-0.2, 0) is 9.59 Å². The number of hydrogen-bond acceptors (Lipinski definition) is 3. The number of carboxylic acid groups (broad SMARTS) is 1. The number of hydrogen-bond donors (Lipinski definition) is 2. The van der Waals surface area contributed by atoms with Crippen LogP contribution in [-0.4, -0.2) is 41.3 Å². The Labute approximate surface area is 130 Å². The van der Waals surface area contributed by atoms with Crippen molar-refractivity contribution in [1.82, 2.24) is 5.32 Å². The van der Waals surface area contributed by atoms with E-state index in [4.69, 9.17) is 5.11 Å². The third-order valence-corrected chi connectivity index (χ3v) is 4.18. The predicted molar refractivity (Wildman–Crippen MR) is 80.7 cm³/mol. The lowest BCUT2D eigenvalue weighted by molar-refractivity contribution is -0.135. The number of nitrogens with zero attached hydrogens (tertiary/aromatic N) is 1. The van der Waals surface area contributed by atoms with Gasteiger partial charge in [0.2, 0.25) is 5.91 Å². The summed E-state index contributed by atoms with van der Waals surface area (Å²) in [6.45, 7) is 0.243. The fraction of sp³-hybridized carbons (Fsp3) is 0.357. The highest BCUT2D eigenvalue weighted by atomic mass is 79.9. The molecular weight excluding hydrogens is 340 g/mol. The topological polar surface area (TPSA) is 86.7 Å². The largest absolute Gasteiger partial charge is 0.480 e. The second kappa shape index (κ2) is 6.71. The molecule has 0 aromatic heterocycles. The molecule has 2 N–H and O–H groups in total. The first-order valence-electron chi connectivity index (χ1n) is 6.47. The van der Waals surface area contributed by atoms with Gasteiger partial charge in [-0.25, -0.2) is 0 Å². The first kappa shape index (κ1) is 15.5. The van der Waals surface area contributed by atoms with Crippen molar-refractivity contribution in [3.63, 3.8) is 0 Å². The third-order valence-electron chi connectivity index (χ3n) is 3.26. The zero-order valence-corrected chi connectivity index (χ0v) is 12.8. The van der Waals surface area contributed by atoms with Gasteiger partial charge in [-0.1, -0.05) is 15.9 Å². The monoisotopic (exact) mass is 354 g/mol.